The molecule has 0 bridgehead atoms. The molecule has 1 aliphatic heterocycles. The van der Waals surface area contributed by atoms with E-state index in [0.717, 1.165) is 6.42 Å². The van der Waals surface area contributed by atoms with Gasteiger partial charge in [-0.2, -0.15) is 0 Å². The molecule has 6 heteroatoms. The van der Waals surface area contributed by atoms with Gasteiger partial charge in [0.05, 0.1) is 17.6 Å². The molecule has 0 aromatic heterocycles. The van der Waals surface area contributed by atoms with Gasteiger partial charge >= 0.3 is 0 Å². The van der Waals surface area contributed by atoms with Crippen molar-refractivity contribution in [2.24, 2.45) is 5.92 Å². The van der Waals surface area contributed by atoms with Crippen LogP contribution in [0.25, 0.3) is 0 Å². The summed E-state index contributed by atoms with van der Waals surface area (Å²) in [5, 5.41) is 19.9. The maximum absolute atomic E-state index is 12.3. The van der Waals surface area contributed by atoms with Gasteiger partial charge in [0, 0.05) is 24.2 Å². The summed E-state index contributed by atoms with van der Waals surface area (Å²) in [6.07, 6.45) is 0.865. The average molecular weight is 264 g/mol. The monoisotopic (exact) mass is 264 g/mol. The summed E-state index contributed by atoms with van der Waals surface area (Å²) in [5.74, 6) is 0.0882. The molecule has 0 radical (unpaired) electrons. The smallest absolute Gasteiger partial charge is 0.269 e. The highest BCUT2D eigenvalue weighted by Crippen LogP contribution is 2.25. The van der Waals surface area contributed by atoms with Crippen LogP contribution in [0.15, 0.2) is 24.3 Å². The van der Waals surface area contributed by atoms with E-state index in [9.17, 15) is 20.0 Å². The molecule has 1 aromatic carbocycles. The number of amides is 1. The highest BCUT2D eigenvalue weighted by Gasteiger charge is 2.34. The van der Waals surface area contributed by atoms with E-state index in [4.69, 9.17) is 0 Å². The molecule has 1 amide bonds. The Morgan fingerprint density at radius 3 is 2.63 bits per heavy atom. The molecule has 2 unspecified atom stereocenters. The molecular weight excluding hydrogens is 248 g/mol. The van der Waals surface area contributed by atoms with Crippen molar-refractivity contribution < 1.29 is 14.8 Å². The Bertz CT molecular complexity index is 486. The highest BCUT2D eigenvalue weighted by molar-refractivity contribution is 5.94. The van der Waals surface area contributed by atoms with Crippen LogP contribution in [-0.2, 0) is 0 Å². The van der Waals surface area contributed by atoms with Crippen molar-refractivity contribution in [1.29, 1.82) is 0 Å². The minimum absolute atomic E-state index is 0.0370. The topological polar surface area (TPSA) is 83.7 Å². The van der Waals surface area contributed by atoms with Gasteiger partial charge in [-0.05, 0) is 24.5 Å². The van der Waals surface area contributed by atoms with Gasteiger partial charge in [-0.3, -0.25) is 14.9 Å². The minimum Gasteiger partial charge on any atom is -0.394 e. The van der Waals surface area contributed by atoms with Crippen molar-refractivity contribution in [2.45, 2.75) is 19.4 Å². The fraction of sp³-hybridized carbons (Fsp3) is 0.462. The number of nitrogens with zero attached hydrogens (tertiary/aromatic N) is 2. The molecule has 19 heavy (non-hydrogen) atoms. The van der Waals surface area contributed by atoms with Crippen LogP contribution >= 0.6 is 0 Å². The van der Waals surface area contributed by atoms with E-state index in [-0.39, 0.29) is 30.2 Å². The lowest BCUT2D eigenvalue weighted by atomic mass is 10.0. The molecule has 0 aliphatic carbocycles. The van der Waals surface area contributed by atoms with E-state index in [2.05, 4.69) is 0 Å². The number of hydrogen-bond donors (Lipinski definition) is 1. The normalized spacial score (nSPS) is 22.5. The van der Waals surface area contributed by atoms with Gasteiger partial charge in [-0.1, -0.05) is 6.92 Å². The molecule has 1 heterocycles. The Balaban J connectivity index is 2.17. The zero-order valence-corrected chi connectivity index (χ0v) is 10.7. The Kier molecular flexibility index (Phi) is 3.80. The molecule has 1 aliphatic rings. The van der Waals surface area contributed by atoms with Crippen molar-refractivity contribution >= 4 is 11.6 Å². The second-order valence-electron chi connectivity index (χ2n) is 4.82. The third kappa shape index (κ3) is 2.58. The standard InChI is InChI=1S/C13H16N2O4/c1-9-6-7-14(12(9)8-16)13(17)10-2-4-11(5-3-10)15(18)19/h2-5,9,12,16H,6-8H2,1H3. The van der Waals surface area contributed by atoms with E-state index in [1.54, 1.807) is 4.90 Å². The van der Waals surface area contributed by atoms with Gasteiger partial charge in [0.1, 0.15) is 0 Å². The van der Waals surface area contributed by atoms with E-state index in [1.165, 1.54) is 24.3 Å². The lowest BCUT2D eigenvalue weighted by molar-refractivity contribution is -0.384. The zero-order chi connectivity index (χ0) is 14.0. The fourth-order valence-corrected chi connectivity index (χ4v) is 2.43. The number of likely N-dealkylation sites (tertiary alicyclic amines) is 1. The van der Waals surface area contributed by atoms with E-state index < -0.39 is 4.92 Å². The van der Waals surface area contributed by atoms with Crippen molar-refractivity contribution in [3.63, 3.8) is 0 Å². The first-order valence-electron chi connectivity index (χ1n) is 6.21. The predicted octanol–water partition coefficient (Wildman–Crippen LogP) is 1.44. The van der Waals surface area contributed by atoms with Gasteiger partial charge in [0.15, 0.2) is 0 Å². The van der Waals surface area contributed by atoms with Crippen LogP contribution in [0.4, 0.5) is 5.69 Å². The Morgan fingerprint density at radius 1 is 1.47 bits per heavy atom. The fourth-order valence-electron chi connectivity index (χ4n) is 2.43. The molecule has 1 fully saturated rings. The first kappa shape index (κ1) is 13.5. The van der Waals surface area contributed by atoms with Crippen LogP contribution in [0.1, 0.15) is 23.7 Å². The van der Waals surface area contributed by atoms with Crippen molar-refractivity contribution in [1.82, 2.24) is 4.90 Å². The maximum atomic E-state index is 12.3. The largest absolute Gasteiger partial charge is 0.394 e. The number of nitro benzene ring substituents is 1. The quantitative estimate of drug-likeness (QED) is 0.661. The first-order valence-corrected chi connectivity index (χ1v) is 6.21. The molecule has 1 N–H and O–H groups in total. The van der Waals surface area contributed by atoms with Crippen LogP contribution in [0.2, 0.25) is 0 Å². The zero-order valence-electron chi connectivity index (χ0n) is 10.7. The highest BCUT2D eigenvalue weighted by atomic mass is 16.6. The van der Waals surface area contributed by atoms with Gasteiger partial charge < -0.3 is 10.0 Å². The van der Waals surface area contributed by atoms with E-state index in [0.29, 0.717) is 12.1 Å². The summed E-state index contributed by atoms with van der Waals surface area (Å²) in [7, 11) is 0. The number of benzene rings is 1. The van der Waals surface area contributed by atoms with Crippen molar-refractivity contribution in [3.8, 4) is 0 Å². The third-order valence-corrected chi connectivity index (χ3v) is 3.66. The molecular formula is C13H16N2O4. The summed E-state index contributed by atoms with van der Waals surface area (Å²) in [6.45, 7) is 2.56. The van der Waals surface area contributed by atoms with Crippen LogP contribution in [-0.4, -0.2) is 40.0 Å². The number of carbonyl (C=O) groups excluding carboxylic acids is 1. The molecule has 6 nitrogen and oxygen atoms in total. The molecule has 1 saturated heterocycles. The molecule has 102 valence electrons. The second-order valence-corrected chi connectivity index (χ2v) is 4.82. The molecule has 2 rings (SSSR count). The number of aliphatic hydroxyl groups excluding tert-OH is 1. The van der Waals surface area contributed by atoms with Crippen LogP contribution in [0.3, 0.4) is 0 Å². The number of nitro groups is 1. The summed E-state index contributed by atoms with van der Waals surface area (Å²) in [4.78, 5) is 24.0. The van der Waals surface area contributed by atoms with E-state index in [1.807, 2.05) is 6.92 Å². The van der Waals surface area contributed by atoms with Crippen LogP contribution in [0.5, 0.6) is 0 Å². The van der Waals surface area contributed by atoms with Crippen molar-refractivity contribution in [2.75, 3.05) is 13.2 Å². The summed E-state index contributed by atoms with van der Waals surface area (Å²) < 4.78 is 0. The molecule has 0 spiro atoms. The number of carbonyl (C=O) groups is 1. The lowest BCUT2D eigenvalue weighted by Gasteiger charge is -2.25. The Hall–Kier alpha value is -1.95. The molecule has 1 aromatic rings. The predicted molar refractivity (Wildman–Crippen MR) is 68.8 cm³/mol. The van der Waals surface area contributed by atoms with E-state index >= 15 is 0 Å². The van der Waals surface area contributed by atoms with Gasteiger partial charge in [0.2, 0.25) is 0 Å². The lowest BCUT2D eigenvalue weighted by Crippen LogP contribution is -2.39. The van der Waals surface area contributed by atoms with Crippen LogP contribution < -0.4 is 0 Å². The molecule has 2 atom stereocenters. The number of non-ortho nitro benzene ring substituents is 1. The van der Waals surface area contributed by atoms with Gasteiger partial charge in [-0.25, -0.2) is 0 Å². The Morgan fingerprint density at radius 2 is 2.11 bits per heavy atom. The summed E-state index contributed by atoms with van der Waals surface area (Å²) >= 11 is 0. The minimum atomic E-state index is -0.497. The maximum Gasteiger partial charge on any atom is 0.269 e. The first-order chi connectivity index (χ1) is 9.04. The van der Waals surface area contributed by atoms with Gasteiger partial charge in [0.25, 0.3) is 11.6 Å². The second kappa shape index (κ2) is 5.36. The molecule has 0 saturated carbocycles. The SMILES string of the molecule is CC1CCN(C(=O)c2ccc([N+](=O)[O-])cc2)C1CO. The number of aliphatic hydroxyl groups is 1. The number of rotatable bonds is 3. The van der Waals surface area contributed by atoms with Gasteiger partial charge in [-0.15, -0.1) is 0 Å². The van der Waals surface area contributed by atoms with Crippen molar-refractivity contribution in [3.05, 3.63) is 39.9 Å². The third-order valence-electron chi connectivity index (χ3n) is 3.66. The number of hydrogen-bond acceptors (Lipinski definition) is 4. The average Bonchev–Trinajstić information content (AvgIpc) is 2.79. The Labute approximate surface area is 110 Å². The summed E-state index contributed by atoms with van der Waals surface area (Å²) in [6, 6.07) is 5.39. The summed E-state index contributed by atoms with van der Waals surface area (Å²) in [5.41, 5.74) is 0.378. The van der Waals surface area contributed by atoms with Crippen LogP contribution in [0, 0.1) is 16.0 Å².